The lowest BCUT2D eigenvalue weighted by atomic mass is 10.1. The highest BCUT2D eigenvalue weighted by atomic mass is 16.3. The summed E-state index contributed by atoms with van der Waals surface area (Å²) in [5.41, 5.74) is -0.526. The van der Waals surface area contributed by atoms with Gasteiger partial charge in [0.25, 0.3) is 5.56 Å². The van der Waals surface area contributed by atoms with E-state index in [-0.39, 0.29) is 19.1 Å². The number of aryl methyl sites for hydroxylation is 1. The topological polar surface area (TPSA) is 98.3 Å². The monoisotopic (exact) mass is 253 g/mol. The number of anilines is 1. The molecule has 7 nitrogen and oxygen atoms in total. The third-order valence-corrected chi connectivity index (χ3v) is 2.86. The van der Waals surface area contributed by atoms with Crippen molar-refractivity contribution in [3.05, 3.63) is 39.4 Å². The number of hydrogen-bond acceptors (Lipinski definition) is 5. The Kier molecular flexibility index (Phi) is 3.63. The number of aliphatic hydroxyl groups excluding tert-OH is 2. The molecule has 2 heterocycles. The lowest BCUT2D eigenvalue weighted by Gasteiger charge is -2.12. The van der Waals surface area contributed by atoms with Crippen LogP contribution in [0.1, 0.15) is 6.42 Å². The zero-order chi connectivity index (χ0) is 13.1. The first-order chi connectivity index (χ1) is 8.65. The molecule has 0 fully saturated rings. The van der Waals surface area contributed by atoms with Crippen molar-refractivity contribution in [2.75, 3.05) is 18.1 Å². The van der Waals surface area contributed by atoms with E-state index in [9.17, 15) is 9.59 Å². The molecule has 0 saturated carbocycles. The highest BCUT2D eigenvalue weighted by molar-refractivity contribution is 5.56. The molecule has 18 heavy (non-hydrogen) atoms. The first-order valence-electron chi connectivity index (χ1n) is 5.68. The average Bonchev–Trinajstić information content (AvgIpc) is 3.17. The molecule has 2 rings (SSSR count). The van der Waals surface area contributed by atoms with Crippen molar-refractivity contribution in [1.29, 1.82) is 0 Å². The molecule has 0 radical (unpaired) electrons. The maximum absolute atomic E-state index is 11.6. The van der Waals surface area contributed by atoms with Gasteiger partial charge in [-0.3, -0.25) is 14.3 Å². The zero-order valence-electron chi connectivity index (χ0n) is 9.74. The van der Waals surface area contributed by atoms with Crippen molar-refractivity contribution in [3.8, 4) is 0 Å². The van der Waals surface area contributed by atoms with Crippen molar-refractivity contribution in [1.82, 2.24) is 9.55 Å². The van der Waals surface area contributed by atoms with Crippen LogP contribution in [-0.4, -0.2) is 33.0 Å². The Morgan fingerprint density at radius 2 is 1.89 bits per heavy atom. The molecule has 0 unspecified atom stereocenters. The summed E-state index contributed by atoms with van der Waals surface area (Å²) in [6.45, 7) is 0.0759. The normalized spacial score (nSPS) is 13.4. The van der Waals surface area contributed by atoms with Crippen LogP contribution in [0.15, 0.2) is 28.2 Å². The molecule has 98 valence electrons. The van der Waals surface area contributed by atoms with Crippen LogP contribution in [0.3, 0.4) is 0 Å². The maximum atomic E-state index is 11.6. The highest BCUT2D eigenvalue weighted by Crippen LogP contribution is 2.16. The molecular weight excluding hydrogens is 238 g/mol. The van der Waals surface area contributed by atoms with Crippen LogP contribution in [0.25, 0.3) is 0 Å². The van der Waals surface area contributed by atoms with E-state index in [1.807, 2.05) is 0 Å². The van der Waals surface area contributed by atoms with Gasteiger partial charge in [0.1, 0.15) is 5.69 Å². The van der Waals surface area contributed by atoms with Crippen molar-refractivity contribution < 1.29 is 10.2 Å². The van der Waals surface area contributed by atoms with Gasteiger partial charge in [-0.25, -0.2) is 4.79 Å². The fourth-order valence-electron chi connectivity index (χ4n) is 1.60. The Morgan fingerprint density at radius 3 is 2.44 bits per heavy atom. The predicted molar refractivity (Wildman–Crippen MR) is 65.2 cm³/mol. The van der Waals surface area contributed by atoms with Crippen LogP contribution >= 0.6 is 0 Å². The van der Waals surface area contributed by atoms with Crippen LogP contribution in [0.5, 0.6) is 0 Å². The number of aromatic nitrogens is 2. The van der Waals surface area contributed by atoms with Crippen molar-refractivity contribution >= 4 is 5.69 Å². The van der Waals surface area contributed by atoms with Crippen molar-refractivity contribution in [3.63, 3.8) is 0 Å². The van der Waals surface area contributed by atoms with E-state index in [4.69, 9.17) is 10.2 Å². The van der Waals surface area contributed by atoms with Gasteiger partial charge in [0.15, 0.2) is 0 Å². The average molecular weight is 253 g/mol. The molecule has 0 aliphatic carbocycles. The minimum absolute atomic E-state index is 0.130. The van der Waals surface area contributed by atoms with E-state index >= 15 is 0 Å². The zero-order valence-corrected chi connectivity index (χ0v) is 9.74. The Morgan fingerprint density at radius 1 is 1.22 bits per heavy atom. The van der Waals surface area contributed by atoms with Crippen LogP contribution in [0.4, 0.5) is 5.69 Å². The summed E-state index contributed by atoms with van der Waals surface area (Å²) in [6.07, 6.45) is 5.37. The smallest absolute Gasteiger partial charge is 0.328 e. The van der Waals surface area contributed by atoms with Crippen molar-refractivity contribution in [2.45, 2.75) is 13.0 Å². The number of H-pyrrole nitrogens is 1. The van der Waals surface area contributed by atoms with Crippen LogP contribution in [-0.2, 0) is 6.54 Å². The summed E-state index contributed by atoms with van der Waals surface area (Å²) in [5, 5.41) is 17.9. The molecule has 0 atom stereocenters. The van der Waals surface area contributed by atoms with E-state index in [2.05, 4.69) is 4.98 Å². The summed E-state index contributed by atoms with van der Waals surface area (Å²) in [6, 6.07) is 0. The molecule has 0 amide bonds. The fraction of sp³-hybridized carbons (Fsp3) is 0.455. The van der Waals surface area contributed by atoms with Crippen LogP contribution in [0.2, 0.25) is 0 Å². The van der Waals surface area contributed by atoms with Gasteiger partial charge in [0.2, 0.25) is 0 Å². The van der Waals surface area contributed by atoms with Crippen molar-refractivity contribution in [2.24, 2.45) is 5.92 Å². The number of aromatic amines is 1. The predicted octanol–water partition coefficient (Wildman–Crippen LogP) is -1.18. The van der Waals surface area contributed by atoms with Crippen LogP contribution < -0.4 is 16.1 Å². The summed E-state index contributed by atoms with van der Waals surface area (Å²) in [4.78, 5) is 26.9. The van der Waals surface area contributed by atoms with Gasteiger partial charge >= 0.3 is 5.69 Å². The standard InChI is InChI=1S/C11H15N3O4/c15-6-8(7-16)1-2-14-5-9(13-3-4-13)10(17)12-11(14)18/h3-5,8,15-16H,1-2,6-7H2,(H,12,17,18). The van der Waals surface area contributed by atoms with E-state index < -0.39 is 11.2 Å². The minimum Gasteiger partial charge on any atom is -0.396 e. The van der Waals surface area contributed by atoms with Gasteiger partial charge in [-0.1, -0.05) is 0 Å². The first kappa shape index (κ1) is 12.6. The maximum Gasteiger partial charge on any atom is 0.328 e. The second-order valence-electron chi connectivity index (χ2n) is 4.19. The lowest BCUT2D eigenvalue weighted by Crippen LogP contribution is -2.32. The Bertz CT molecular complexity index is 550. The minimum atomic E-state index is -0.486. The van der Waals surface area contributed by atoms with E-state index in [1.165, 1.54) is 10.8 Å². The first-order valence-corrected chi connectivity index (χ1v) is 5.68. The molecule has 3 N–H and O–H groups in total. The molecule has 0 spiro atoms. The fourth-order valence-corrected chi connectivity index (χ4v) is 1.60. The summed E-state index contributed by atoms with van der Waals surface area (Å²) in [7, 11) is 0. The molecule has 1 aliphatic rings. The molecule has 1 aromatic rings. The largest absolute Gasteiger partial charge is 0.396 e. The Labute approximate surface area is 103 Å². The second kappa shape index (κ2) is 5.19. The quantitative estimate of drug-likeness (QED) is 0.592. The molecule has 7 heteroatoms. The molecule has 0 saturated heterocycles. The number of hydrogen-bond donors (Lipinski definition) is 3. The second-order valence-corrected chi connectivity index (χ2v) is 4.19. The third-order valence-electron chi connectivity index (χ3n) is 2.86. The lowest BCUT2D eigenvalue weighted by molar-refractivity contribution is 0.140. The number of nitrogens with one attached hydrogen (secondary N) is 1. The summed E-state index contributed by atoms with van der Waals surface area (Å²) >= 11 is 0. The SMILES string of the molecule is O=c1[nH]c(=O)n(CCC(CO)CO)cc1N1C=C1. The Balaban J connectivity index is 2.14. The molecular formula is C11H15N3O4. The Hall–Kier alpha value is -1.86. The van der Waals surface area contributed by atoms with Gasteiger partial charge in [-0.15, -0.1) is 0 Å². The van der Waals surface area contributed by atoms with Crippen LogP contribution in [0, 0.1) is 5.92 Å². The third kappa shape index (κ3) is 2.69. The van der Waals surface area contributed by atoms with E-state index in [0.29, 0.717) is 18.7 Å². The molecule has 1 aliphatic heterocycles. The van der Waals surface area contributed by atoms with Gasteiger partial charge < -0.3 is 15.1 Å². The molecule has 0 bridgehead atoms. The number of nitrogens with zero attached hydrogens (tertiary/aromatic N) is 2. The summed E-state index contributed by atoms with van der Waals surface area (Å²) < 4.78 is 1.37. The summed E-state index contributed by atoms with van der Waals surface area (Å²) in [5.74, 6) is -0.258. The molecule has 1 aromatic heterocycles. The highest BCUT2D eigenvalue weighted by Gasteiger charge is 2.15. The number of aliphatic hydroxyl groups is 2. The van der Waals surface area contributed by atoms with E-state index in [1.54, 1.807) is 17.3 Å². The van der Waals surface area contributed by atoms with Gasteiger partial charge in [-0.2, -0.15) is 0 Å². The number of rotatable bonds is 6. The van der Waals surface area contributed by atoms with Gasteiger partial charge in [-0.05, 0) is 6.42 Å². The van der Waals surface area contributed by atoms with E-state index in [0.717, 1.165) is 0 Å². The van der Waals surface area contributed by atoms with Gasteiger partial charge in [0, 0.05) is 44.3 Å². The molecule has 0 aromatic carbocycles. The van der Waals surface area contributed by atoms with Gasteiger partial charge in [0.05, 0.1) is 0 Å².